The molecule has 0 radical (unpaired) electrons. The van der Waals surface area contributed by atoms with E-state index in [0.717, 1.165) is 0 Å². The summed E-state index contributed by atoms with van der Waals surface area (Å²) in [5.74, 6) is 0. The van der Waals surface area contributed by atoms with Crippen LogP contribution >= 0.6 is 0 Å². The number of nitro benzene ring substituents is 1. The molecule has 7 heteroatoms. The van der Waals surface area contributed by atoms with Gasteiger partial charge in [0, 0.05) is 18.7 Å². The van der Waals surface area contributed by atoms with Crippen LogP contribution in [0.1, 0.15) is 27.7 Å². The zero-order valence-electron chi connectivity index (χ0n) is 12.7. The van der Waals surface area contributed by atoms with Crippen LogP contribution in [0.15, 0.2) is 24.3 Å². The van der Waals surface area contributed by atoms with Gasteiger partial charge in [0.2, 0.25) is 0 Å². The smallest absolute Gasteiger partial charge is 0.407 e. The van der Waals surface area contributed by atoms with Gasteiger partial charge in [-0.05, 0) is 33.8 Å². The number of anilines is 1. The standard InChI is InChI=1S/C14H21N3O4/c1-10(16-13(18)21-14(2,3)4)9-15-11-7-5-6-8-12(11)17(19)20/h5-8,10,15H,9H2,1-4H3,(H,16,18). The van der Waals surface area contributed by atoms with Gasteiger partial charge in [0.1, 0.15) is 11.3 Å². The molecule has 1 unspecified atom stereocenters. The van der Waals surface area contributed by atoms with E-state index in [4.69, 9.17) is 4.74 Å². The van der Waals surface area contributed by atoms with Gasteiger partial charge in [-0.2, -0.15) is 0 Å². The second-order valence-electron chi connectivity index (χ2n) is 5.70. The Morgan fingerprint density at radius 1 is 1.38 bits per heavy atom. The highest BCUT2D eigenvalue weighted by atomic mass is 16.6. The summed E-state index contributed by atoms with van der Waals surface area (Å²) in [6.07, 6.45) is -0.514. The first kappa shape index (κ1) is 16.7. The summed E-state index contributed by atoms with van der Waals surface area (Å²) in [6, 6.07) is 6.12. The lowest BCUT2D eigenvalue weighted by Gasteiger charge is -2.22. The number of ether oxygens (including phenoxy) is 1. The van der Waals surface area contributed by atoms with Crippen molar-refractivity contribution in [2.24, 2.45) is 0 Å². The molecule has 0 bridgehead atoms. The Morgan fingerprint density at radius 3 is 2.57 bits per heavy atom. The SMILES string of the molecule is CC(CNc1ccccc1[N+](=O)[O-])NC(=O)OC(C)(C)C. The molecule has 0 fully saturated rings. The van der Waals surface area contributed by atoms with Crippen molar-refractivity contribution in [3.8, 4) is 0 Å². The molecule has 0 spiro atoms. The van der Waals surface area contributed by atoms with Crippen molar-refractivity contribution in [1.82, 2.24) is 5.32 Å². The molecule has 7 nitrogen and oxygen atoms in total. The molecule has 116 valence electrons. The maximum absolute atomic E-state index is 11.6. The van der Waals surface area contributed by atoms with Crippen LogP contribution in [0.25, 0.3) is 0 Å². The number of hydrogen-bond acceptors (Lipinski definition) is 5. The monoisotopic (exact) mass is 295 g/mol. The van der Waals surface area contributed by atoms with E-state index < -0.39 is 16.6 Å². The van der Waals surface area contributed by atoms with Gasteiger partial charge in [-0.15, -0.1) is 0 Å². The highest BCUT2D eigenvalue weighted by Gasteiger charge is 2.18. The highest BCUT2D eigenvalue weighted by molar-refractivity contribution is 5.68. The van der Waals surface area contributed by atoms with Crippen molar-refractivity contribution in [3.63, 3.8) is 0 Å². The first-order valence-electron chi connectivity index (χ1n) is 6.66. The quantitative estimate of drug-likeness (QED) is 0.643. The normalized spacial score (nSPS) is 12.4. The molecule has 1 amide bonds. The fourth-order valence-electron chi connectivity index (χ4n) is 1.61. The van der Waals surface area contributed by atoms with Crippen LogP contribution in [-0.4, -0.2) is 29.2 Å². The summed E-state index contributed by atoms with van der Waals surface area (Å²) in [5, 5.41) is 16.5. The average molecular weight is 295 g/mol. The van der Waals surface area contributed by atoms with Gasteiger partial charge in [0.25, 0.3) is 5.69 Å². The predicted octanol–water partition coefficient (Wildman–Crippen LogP) is 2.92. The molecule has 21 heavy (non-hydrogen) atoms. The number of hydrogen-bond donors (Lipinski definition) is 2. The van der Waals surface area contributed by atoms with Gasteiger partial charge in [0.15, 0.2) is 0 Å². The number of rotatable bonds is 5. The van der Waals surface area contributed by atoms with E-state index in [-0.39, 0.29) is 11.7 Å². The first-order valence-corrected chi connectivity index (χ1v) is 6.66. The number of carbonyl (C=O) groups excluding carboxylic acids is 1. The number of nitro groups is 1. The van der Waals surface area contributed by atoms with E-state index in [1.807, 2.05) is 0 Å². The third kappa shape index (κ3) is 6.11. The number of nitrogens with zero attached hydrogens (tertiary/aromatic N) is 1. The third-order valence-corrected chi connectivity index (χ3v) is 2.46. The molecule has 1 aromatic rings. The highest BCUT2D eigenvalue weighted by Crippen LogP contribution is 2.22. The summed E-state index contributed by atoms with van der Waals surface area (Å²) < 4.78 is 5.14. The lowest BCUT2D eigenvalue weighted by atomic mass is 10.2. The van der Waals surface area contributed by atoms with Crippen molar-refractivity contribution in [2.75, 3.05) is 11.9 Å². The molecule has 0 aliphatic heterocycles. The number of alkyl carbamates (subject to hydrolysis) is 1. The van der Waals surface area contributed by atoms with Gasteiger partial charge >= 0.3 is 6.09 Å². The molecule has 1 rings (SSSR count). The van der Waals surface area contributed by atoms with Crippen molar-refractivity contribution in [1.29, 1.82) is 0 Å². The molecule has 0 aromatic heterocycles. The summed E-state index contributed by atoms with van der Waals surface area (Å²) >= 11 is 0. The number of benzene rings is 1. The molecule has 0 aliphatic carbocycles. The minimum Gasteiger partial charge on any atom is -0.444 e. The Balaban J connectivity index is 2.52. The van der Waals surface area contributed by atoms with Gasteiger partial charge in [-0.1, -0.05) is 12.1 Å². The predicted molar refractivity (Wildman–Crippen MR) is 80.4 cm³/mol. The molecule has 2 N–H and O–H groups in total. The van der Waals surface area contributed by atoms with Gasteiger partial charge in [0.05, 0.1) is 4.92 Å². The van der Waals surface area contributed by atoms with Crippen LogP contribution in [0, 0.1) is 10.1 Å². The van der Waals surface area contributed by atoms with E-state index in [2.05, 4.69) is 10.6 Å². The fraction of sp³-hybridized carbons (Fsp3) is 0.500. The topological polar surface area (TPSA) is 93.5 Å². The van der Waals surface area contributed by atoms with Crippen molar-refractivity contribution in [2.45, 2.75) is 39.3 Å². The summed E-state index contributed by atoms with van der Waals surface area (Å²) in [5.41, 5.74) is -0.141. The molecule has 1 aromatic carbocycles. The number of nitrogens with one attached hydrogen (secondary N) is 2. The lowest BCUT2D eigenvalue weighted by molar-refractivity contribution is -0.384. The summed E-state index contributed by atoms with van der Waals surface area (Å²) in [7, 11) is 0. The van der Waals surface area contributed by atoms with Crippen LogP contribution in [0.5, 0.6) is 0 Å². The van der Waals surface area contributed by atoms with Crippen molar-refractivity contribution >= 4 is 17.5 Å². The van der Waals surface area contributed by atoms with E-state index in [9.17, 15) is 14.9 Å². The second kappa shape index (κ2) is 6.92. The lowest BCUT2D eigenvalue weighted by Crippen LogP contribution is -2.40. The van der Waals surface area contributed by atoms with E-state index in [1.54, 1.807) is 45.9 Å². The molecular weight excluding hydrogens is 274 g/mol. The zero-order chi connectivity index (χ0) is 16.0. The summed E-state index contributed by atoms with van der Waals surface area (Å²) in [4.78, 5) is 22.0. The molecule has 0 heterocycles. The average Bonchev–Trinajstić information content (AvgIpc) is 2.34. The van der Waals surface area contributed by atoms with Crippen LogP contribution in [0.2, 0.25) is 0 Å². The largest absolute Gasteiger partial charge is 0.444 e. The molecule has 0 saturated heterocycles. The fourth-order valence-corrected chi connectivity index (χ4v) is 1.61. The molecule has 0 saturated carbocycles. The molecular formula is C14H21N3O4. The maximum atomic E-state index is 11.6. The molecule has 0 aliphatic rings. The van der Waals surface area contributed by atoms with Crippen molar-refractivity contribution < 1.29 is 14.5 Å². The zero-order valence-corrected chi connectivity index (χ0v) is 12.7. The van der Waals surface area contributed by atoms with E-state index in [1.165, 1.54) is 6.07 Å². The molecule has 1 atom stereocenters. The Bertz CT molecular complexity index is 511. The second-order valence-corrected chi connectivity index (χ2v) is 5.70. The van der Waals surface area contributed by atoms with E-state index in [0.29, 0.717) is 12.2 Å². The van der Waals surface area contributed by atoms with Gasteiger partial charge in [-0.25, -0.2) is 4.79 Å². The van der Waals surface area contributed by atoms with Crippen LogP contribution in [0.3, 0.4) is 0 Å². The first-order chi connectivity index (χ1) is 9.69. The Labute approximate surface area is 123 Å². The summed E-state index contributed by atoms with van der Waals surface area (Å²) in [6.45, 7) is 7.48. The Kier molecular flexibility index (Phi) is 5.52. The minimum atomic E-state index is -0.560. The van der Waals surface area contributed by atoms with Gasteiger partial charge < -0.3 is 15.4 Å². The maximum Gasteiger partial charge on any atom is 0.407 e. The number of amides is 1. The van der Waals surface area contributed by atoms with Crippen LogP contribution in [-0.2, 0) is 4.74 Å². The number of para-hydroxylation sites is 2. The Hall–Kier alpha value is -2.31. The van der Waals surface area contributed by atoms with Crippen LogP contribution < -0.4 is 10.6 Å². The third-order valence-electron chi connectivity index (χ3n) is 2.46. The Morgan fingerprint density at radius 2 is 2.00 bits per heavy atom. The minimum absolute atomic E-state index is 0.00182. The van der Waals surface area contributed by atoms with Crippen molar-refractivity contribution in [3.05, 3.63) is 34.4 Å². The van der Waals surface area contributed by atoms with Gasteiger partial charge in [-0.3, -0.25) is 10.1 Å². The van der Waals surface area contributed by atoms with E-state index >= 15 is 0 Å². The number of carbonyl (C=O) groups is 1. The van der Waals surface area contributed by atoms with Crippen LogP contribution in [0.4, 0.5) is 16.2 Å².